The van der Waals surface area contributed by atoms with Crippen molar-refractivity contribution in [2.75, 3.05) is 13.1 Å². The zero-order valence-corrected chi connectivity index (χ0v) is 11.2. The van der Waals surface area contributed by atoms with Gasteiger partial charge in [0.05, 0.1) is 11.3 Å². The molecule has 0 atom stereocenters. The van der Waals surface area contributed by atoms with Crippen LogP contribution in [-0.2, 0) is 0 Å². The van der Waals surface area contributed by atoms with Gasteiger partial charge in [-0.3, -0.25) is 0 Å². The molecular weight excluding hydrogens is 232 g/mol. The largest absolute Gasteiger partial charge is 0.361 e. The van der Waals surface area contributed by atoms with Crippen LogP contribution in [0, 0.1) is 6.92 Å². The first-order chi connectivity index (χ1) is 8.52. The van der Waals surface area contributed by atoms with Gasteiger partial charge in [-0.25, -0.2) is 9.59 Å². The number of amides is 1. The Bertz CT molecular complexity index is 493. The molecule has 1 saturated heterocycles. The molecule has 1 aliphatic rings. The average molecular weight is 252 g/mol. The summed E-state index contributed by atoms with van der Waals surface area (Å²) in [5.41, 5.74) is 0.832. The van der Waals surface area contributed by atoms with Crippen LogP contribution in [-0.4, -0.2) is 28.8 Å². The van der Waals surface area contributed by atoms with Crippen LogP contribution in [0.25, 0.3) is 0 Å². The minimum atomic E-state index is -0.396. The molecule has 1 amide bonds. The first-order valence-electron chi connectivity index (χ1n) is 6.54. The lowest BCUT2D eigenvalue weighted by Gasteiger charge is -2.26. The first-order valence-corrected chi connectivity index (χ1v) is 6.54. The summed E-state index contributed by atoms with van der Waals surface area (Å²) in [5, 5.41) is 0. The molecule has 5 nitrogen and oxygen atoms in total. The minimum Gasteiger partial charge on any atom is -0.327 e. The zero-order chi connectivity index (χ0) is 13.3. The molecule has 5 heteroatoms. The van der Waals surface area contributed by atoms with Crippen LogP contribution in [0.3, 0.4) is 0 Å². The second-order valence-electron chi connectivity index (χ2n) is 5.16. The molecule has 100 valence electrons. The Hall–Kier alpha value is -1.52. The highest BCUT2D eigenvalue weighted by Crippen LogP contribution is 2.17. The van der Waals surface area contributed by atoms with Crippen LogP contribution in [0.1, 0.15) is 50.3 Å². The smallest absolute Gasteiger partial charge is 0.327 e. The molecule has 0 saturated carbocycles. The van der Waals surface area contributed by atoms with Crippen LogP contribution in [0.4, 0.5) is 4.79 Å². The predicted octanol–water partition coefficient (Wildman–Crippen LogP) is 2.33. The maximum atomic E-state index is 12.3. The van der Waals surface area contributed by atoms with Gasteiger partial charge in [-0.2, -0.15) is 0 Å². The molecule has 1 aliphatic heterocycles. The summed E-state index contributed by atoms with van der Waals surface area (Å²) in [7, 11) is 0. The van der Waals surface area contributed by atoms with E-state index < -0.39 is 5.63 Å². The molecule has 0 spiro atoms. The second kappa shape index (κ2) is 5.00. The van der Waals surface area contributed by atoms with Crippen LogP contribution in [0.2, 0.25) is 0 Å². The molecule has 0 aliphatic carbocycles. The Balaban J connectivity index is 2.31. The van der Waals surface area contributed by atoms with Crippen molar-refractivity contribution in [2.24, 2.45) is 0 Å². The Morgan fingerprint density at radius 1 is 1.22 bits per heavy atom. The highest BCUT2D eigenvalue weighted by Gasteiger charge is 2.25. The summed E-state index contributed by atoms with van der Waals surface area (Å²) in [6.45, 7) is 7.11. The van der Waals surface area contributed by atoms with Gasteiger partial charge in [0.15, 0.2) is 0 Å². The van der Waals surface area contributed by atoms with E-state index in [4.69, 9.17) is 4.52 Å². The number of hydrogen-bond donors (Lipinski definition) is 0. The maximum Gasteiger partial charge on any atom is 0.361 e. The fourth-order valence-electron chi connectivity index (χ4n) is 2.51. The fraction of sp³-hybridized carbons (Fsp3) is 0.692. The minimum absolute atomic E-state index is 0.0663. The molecule has 1 fully saturated rings. The third kappa shape index (κ3) is 2.21. The normalized spacial score (nSPS) is 16.3. The molecule has 2 rings (SSSR count). The van der Waals surface area contributed by atoms with Gasteiger partial charge < -0.3 is 9.42 Å². The number of nitrogens with zero attached hydrogens (tertiary/aromatic N) is 2. The van der Waals surface area contributed by atoms with Gasteiger partial charge in [0.2, 0.25) is 0 Å². The van der Waals surface area contributed by atoms with Crippen LogP contribution in [0.15, 0.2) is 9.32 Å². The van der Waals surface area contributed by atoms with Crippen LogP contribution < -0.4 is 5.63 Å². The van der Waals surface area contributed by atoms with Crippen molar-refractivity contribution in [3.05, 3.63) is 21.7 Å². The molecule has 1 aromatic heterocycles. The Morgan fingerprint density at radius 2 is 1.83 bits per heavy atom. The van der Waals surface area contributed by atoms with E-state index in [-0.39, 0.29) is 11.9 Å². The van der Waals surface area contributed by atoms with E-state index in [2.05, 4.69) is 0 Å². The van der Waals surface area contributed by atoms with Crippen LogP contribution >= 0.6 is 0 Å². The van der Waals surface area contributed by atoms with E-state index >= 15 is 0 Å². The molecule has 18 heavy (non-hydrogen) atoms. The monoisotopic (exact) mass is 252 g/mol. The van der Waals surface area contributed by atoms with Crippen molar-refractivity contribution in [1.29, 1.82) is 0 Å². The second-order valence-corrected chi connectivity index (χ2v) is 5.16. The summed E-state index contributed by atoms with van der Waals surface area (Å²) >= 11 is 0. The molecule has 1 aromatic rings. The number of carbonyl (C=O) groups excluding carboxylic acids is 1. The predicted molar refractivity (Wildman–Crippen MR) is 68.0 cm³/mol. The summed E-state index contributed by atoms with van der Waals surface area (Å²) < 4.78 is 6.25. The first kappa shape index (κ1) is 12.9. The van der Waals surface area contributed by atoms with Crippen molar-refractivity contribution in [2.45, 2.75) is 46.0 Å². The standard InChI is InChI=1S/C13H20N2O3/c1-9(2)11-10(3)15(18-12(11)16)13(17)14-7-5-4-6-8-14/h9H,4-8H2,1-3H3. The van der Waals surface area contributed by atoms with Gasteiger partial charge in [-0.05, 0) is 32.1 Å². The quantitative estimate of drug-likeness (QED) is 0.770. The SMILES string of the molecule is Cc1c(C(C)C)c(=O)on1C(=O)N1CCCCC1. The fourth-order valence-corrected chi connectivity index (χ4v) is 2.51. The van der Waals surface area contributed by atoms with Crippen molar-refractivity contribution in [3.8, 4) is 0 Å². The summed E-state index contributed by atoms with van der Waals surface area (Å²) in [6.07, 6.45) is 3.20. The summed E-state index contributed by atoms with van der Waals surface area (Å²) in [4.78, 5) is 25.7. The van der Waals surface area contributed by atoms with Gasteiger partial charge >= 0.3 is 11.7 Å². The van der Waals surface area contributed by atoms with E-state index in [1.165, 1.54) is 0 Å². The topological polar surface area (TPSA) is 55.5 Å². The van der Waals surface area contributed by atoms with E-state index in [9.17, 15) is 9.59 Å². The highest BCUT2D eigenvalue weighted by atomic mass is 16.5. The summed E-state index contributed by atoms with van der Waals surface area (Å²) in [6, 6.07) is -0.212. The average Bonchev–Trinajstić information content (AvgIpc) is 2.65. The van der Waals surface area contributed by atoms with Crippen molar-refractivity contribution in [3.63, 3.8) is 0 Å². The lowest BCUT2D eigenvalue weighted by molar-refractivity contribution is 0.155. The number of carbonyl (C=O) groups is 1. The number of rotatable bonds is 1. The molecular formula is C13H20N2O3. The number of hydrogen-bond acceptors (Lipinski definition) is 3. The molecule has 0 unspecified atom stereocenters. The number of likely N-dealkylation sites (tertiary alicyclic amines) is 1. The van der Waals surface area contributed by atoms with Crippen LogP contribution in [0.5, 0.6) is 0 Å². The van der Waals surface area contributed by atoms with Gasteiger partial charge in [0.1, 0.15) is 0 Å². The maximum absolute atomic E-state index is 12.3. The molecule has 0 bridgehead atoms. The van der Waals surface area contributed by atoms with E-state index in [1.54, 1.807) is 11.8 Å². The lowest BCUT2D eigenvalue weighted by Crippen LogP contribution is -2.38. The number of piperidine rings is 1. The Morgan fingerprint density at radius 3 is 2.33 bits per heavy atom. The zero-order valence-electron chi connectivity index (χ0n) is 11.2. The van der Waals surface area contributed by atoms with Gasteiger partial charge in [-0.1, -0.05) is 13.8 Å². The number of aromatic nitrogens is 1. The van der Waals surface area contributed by atoms with E-state index in [0.29, 0.717) is 11.3 Å². The highest BCUT2D eigenvalue weighted by molar-refractivity contribution is 5.76. The van der Waals surface area contributed by atoms with Gasteiger partial charge in [-0.15, -0.1) is 4.74 Å². The third-order valence-corrected chi connectivity index (χ3v) is 3.47. The summed E-state index contributed by atoms with van der Waals surface area (Å²) in [5.74, 6) is 0.0663. The van der Waals surface area contributed by atoms with Crippen molar-refractivity contribution >= 4 is 6.03 Å². The van der Waals surface area contributed by atoms with Crippen molar-refractivity contribution in [1.82, 2.24) is 9.64 Å². The van der Waals surface area contributed by atoms with Gasteiger partial charge in [0.25, 0.3) is 0 Å². The van der Waals surface area contributed by atoms with Crippen molar-refractivity contribution < 1.29 is 9.32 Å². The molecule has 0 aromatic carbocycles. The van der Waals surface area contributed by atoms with E-state index in [0.717, 1.165) is 37.1 Å². The third-order valence-electron chi connectivity index (χ3n) is 3.47. The van der Waals surface area contributed by atoms with Gasteiger partial charge in [0, 0.05) is 13.1 Å². The molecule has 2 heterocycles. The lowest BCUT2D eigenvalue weighted by atomic mass is 10.1. The Labute approximate surface area is 106 Å². The Kier molecular flexibility index (Phi) is 3.59. The van der Waals surface area contributed by atoms with E-state index in [1.807, 2.05) is 13.8 Å². The molecule has 0 radical (unpaired) electrons. The molecule has 0 N–H and O–H groups in total.